The van der Waals surface area contributed by atoms with Gasteiger partial charge in [-0.2, -0.15) is 5.26 Å². The summed E-state index contributed by atoms with van der Waals surface area (Å²) >= 11 is 0. The molecule has 2 heterocycles. The zero-order valence-corrected chi connectivity index (χ0v) is 12.1. The Morgan fingerprint density at radius 3 is 3.05 bits per heavy atom. The van der Waals surface area contributed by atoms with Gasteiger partial charge >= 0.3 is 0 Å². The molecular weight excluding hydrogens is 276 g/mol. The van der Waals surface area contributed by atoms with Crippen molar-refractivity contribution >= 4 is 11.4 Å². The number of anilines is 2. The summed E-state index contributed by atoms with van der Waals surface area (Å²) in [6.07, 6.45) is 6.28. The molecule has 1 aromatic carbocycles. The minimum atomic E-state index is 0.0573. The lowest BCUT2D eigenvalue weighted by molar-refractivity contribution is 0.268. The van der Waals surface area contributed by atoms with Gasteiger partial charge in [0.1, 0.15) is 0 Å². The van der Waals surface area contributed by atoms with Gasteiger partial charge in [-0.15, -0.1) is 0 Å². The molecule has 1 atom stereocenters. The second-order valence-corrected chi connectivity index (χ2v) is 5.32. The Kier molecular flexibility index (Phi) is 3.94. The SMILES string of the molecule is N#Cc1ccncc1-c1ccc(N)c(N2C[CH]C[C@H]2CO)c1. The first-order valence-electron chi connectivity index (χ1n) is 7.17. The summed E-state index contributed by atoms with van der Waals surface area (Å²) < 4.78 is 0. The fourth-order valence-corrected chi connectivity index (χ4v) is 2.83. The number of hydrogen-bond acceptors (Lipinski definition) is 5. The topological polar surface area (TPSA) is 86.2 Å². The van der Waals surface area contributed by atoms with Crippen LogP contribution in [-0.4, -0.2) is 29.3 Å². The van der Waals surface area contributed by atoms with Crippen LogP contribution in [0.2, 0.25) is 0 Å². The van der Waals surface area contributed by atoms with Crippen molar-refractivity contribution in [1.82, 2.24) is 4.98 Å². The van der Waals surface area contributed by atoms with Gasteiger partial charge in [-0.25, -0.2) is 0 Å². The molecule has 1 aliphatic heterocycles. The lowest BCUT2D eigenvalue weighted by Gasteiger charge is -2.27. The van der Waals surface area contributed by atoms with Gasteiger partial charge in [0.25, 0.3) is 0 Å². The summed E-state index contributed by atoms with van der Waals surface area (Å²) in [5.74, 6) is 0. The molecule has 0 aliphatic carbocycles. The molecule has 5 heteroatoms. The summed E-state index contributed by atoms with van der Waals surface area (Å²) in [5, 5.41) is 18.7. The lowest BCUT2D eigenvalue weighted by atomic mass is 10.0. The number of rotatable bonds is 3. The number of aromatic nitrogens is 1. The molecule has 3 N–H and O–H groups in total. The highest BCUT2D eigenvalue weighted by Crippen LogP contribution is 2.34. The van der Waals surface area contributed by atoms with E-state index in [2.05, 4.69) is 22.4 Å². The maximum atomic E-state index is 9.50. The average Bonchev–Trinajstić information content (AvgIpc) is 3.03. The van der Waals surface area contributed by atoms with E-state index in [1.807, 2.05) is 18.2 Å². The Balaban J connectivity index is 2.05. The Labute approximate surface area is 129 Å². The largest absolute Gasteiger partial charge is 0.397 e. The Bertz CT molecular complexity index is 723. The zero-order valence-electron chi connectivity index (χ0n) is 12.1. The van der Waals surface area contributed by atoms with Crippen LogP contribution in [0.25, 0.3) is 11.1 Å². The van der Waals surface area contributed by atoms with E-state index in [1.165, 1.54) is 0 Å². The van der Waals surface area contributed by atoms with Gasteiger partial charge in [-0.05, 0) is 36.6 Å². The first-order chi connectivity index (χ1) is 10.7. The number of hydrogen-bond donors (Lipinski definition) is 2. The average molecular weight is 293 g/mol. The summed E-state index contributed by atoms with van der Waals surface area (Å²) in [5.41, 5.74) is 9.94. The van der Waals surface area contributed by atoms with Crippen molar-refractivity contribution in [2.24, 2.45) is 0 Å². The van der Waals surface area contributed by atoms with Crippen molar-refractivity contribution in [2.45, 2.75) is 12.5 Å². The van der Waals surface area contributed by atoms with Crippen molar-refractivity contribution in [1.29, 1.82) is 5.26 Å². The van der Waals surface area contributed by atoms with Crippen molar-refractivity contribution < 1.29 is 5.11 Å². The van der Waals surface area contributed by atoms with Crippen molar-refractivity contribution in [3.63, 3.8) is 0 Å². The van der Waals surface area contributed by atoms with Crippen LogP contribution in [0.3, 0.4) is 0 Å². The second-order valence-electron chi connectivity index (χ2n) is 5.32. The number of nitrogens with two attached hydrogens (primary N) is 1. The summed E-state index contributed by atoms with van der Waals surface area (Å²) in [7, 11) is 0. The number of nitrogen functional groups attached to an aromatic ring is 1. The monoisotopic (exact) mass is 293 g/mol. The van der Waals surface area contributed by atoms with Crippen LogP contribution >= 0.6 is 0 Å². The van der Waals surface area contributed by atoms with Crippen LogP contribution in [0, 0.1) is 17.8 Å². The van der Waals surface area contributed by atoms with Crippen LogP contribution in [0.1, 0.15) is 12.0 Å². The lowest BCUT2D eigenvalue weighted by Crippen LogP contribution is -2.32. The Hall–Kier alpha value is -2.58. The fourth-order valence-electron chi connectivity index (χ4n) is 2.83. The van der Waals surface area contributed by atoms with Gasteiger partial charge in [-0.3, -0.25) is 4.98 Å². The number of aliphatic hydroxyl groups excluding tert-OH is 1. The van der Waals surface area contributed by atoms with Gasteiger partial charge in [0.2, 0.25) is 0 Å². The Morgan fingerprint density at radius 2 is 2.27 bits per heavy atom. The van der Waals surface area contributed by atoms with E-state index in [4.69, 9.17) is 5.73 Å². The molecular formula is C17H17N4O. The number of benzene rings is 1. The van der Waals surface area contributed by atoms with Gasteiger partial charge in [0, 0.05) is 24.5 Å². The third kappa shape index (κ3) is 2.49. The molecule has 0 spiro atoms. The molecule has 0 unspecified atom stereocenters. The maximum absolute atomic E-state index is 9.50. The normalized spacial score (nSPS) is 17.5. The molecule has 111 valence electrons. The van der Waals surface area contributed by atoms with Crippen LogP contribution in [0.4, 0.5) is 11.4 Å². The molecule has 22 heavy (non-hydrogen) atoms. The highest BCUT2D eigenvalue weighted by atomic mass is 16.3. The number of nitriles is 1. The van der Waals surface area contributed by atoms with Crippen molar-refractivity contribution in [2.75, 3.05) is 23.8 Å². The van der Waals surface area contributed by atoms with Crippen LogP contribution < -0.4 is 10.6 Å². The number of nitrogens with zero attached hydrogens (tertiary/aromatic N) is 3. The van der Waals surface area contributed by atoms with Crippen LogP contribution in [0.5, 0.6) is 0 Å². The highest BCUT2D eigenvalue weighted by molar-refractivity contribution is 5.79. The van der Waals surface area contributed by atoms with Crippen molar-refractivity contribution in [3.8, 4) is 17.2 Å². The summed E-state index contributed by atoms with van der Waals surface area (Å²) in [6.45, 7) is 0.855. The first kappa shape index (κ1) is 14.4. The first-order valence-corrected chi connectivity index (χ1v) is 7.17. The fraction of sp³-hybridized carbons (Fsp3) is 0.235. The maximum Gasteiger partial charge on any atom is 0.0999 e. The highest BCUT2D eigenvalue weighted by Gasteiger charge is 2.25. The molecule has 1 aliphatic rings. The standard InChI is InChI=1S/C17H17N4O/c18-9-13-5-6-20-10-15(13)12-3-4-16(19)17(8-12)21-7-1-2-14(21)11-22/h1,3-6,8,10,14,22H,2,7,11,19H2/t14-/m0/s1. The molecule has 2 aromatic rings. The van der Waals surface area contributed by atoms with Gasteiger partial charge in [0.15, 0.2) is 0 Å². The van der Waals surface area contributed by atoms with Gasteiger partial charge < -0.3 is 15.7 Å². The van der Waals surface area contributed by atoms with E-state index in [1.54, 1.807) is 18.5 Å². The molecule has 1 saturated heterocycles. The van der Waals surface area contributed by atoms with Gasteiger partial charge in [-0.1, -0.05) is 6.07 Å². The quantitative estimate of drug-likeness (QED) is 0.845. The third-order valence-corrected chi connectivity index (χ3v) is 4.01. The van der Waals surface area contributed by atoms with E-state index >= 15 is 0 Å². The van der Waals surface area contributed by atoms with Crippen LogP contribution in [-0.2, 0) is 0 Å². The molecule has 5 nitrogen and oxygen atoms in total. The summed E-state index contributed by atoms with van der Waals surface area (Å²) in [4.78, 5) is 6.21. The number of aliphatic hydroxyl groups is 1. The van der Waals surface area contributed by atoms with Crippen LogP contribution in [0.15, 0.2) is 36.7 Å². The summed E-state index contributed by atoms with van der Waals surface area (Å²) in [6, 6.07) is 9.64. The predicted molar refractivity (Wildman–Crippen MR) is 85.9 cm³/mol. The minimum absolute atomic E-state index is 0.0573. The van der Waals surface area contributed by atoms with E-state index in [9.17, 15) is 10.4 Å². The molecule has 3 rings (SSSR count). The molecule has 1 fully saturated rings. The number of pyridine rings is 1. The van der Waals surface area contributed by atoms with E-state index in [0.29, 0.717) is 11.3 Å². The smallest absolute Gasteiger partial charge is 0.0999 e. The molecule has 0 saturated carbocycles. The van der Waals surface area contributed by atoms with Gasteiger partial charge in [0.05, 0.1) is 35.7 Å². The molecule has 1 aromatic heterocycles. The van der Waals surface area contributed by atoms with E-state index < -0.39 is 0 Å². The zero-order chi connectivity index (χ0) is 15.5. The third-order valence-electron chi connectivity index (χ3n) is 4.01. The molecule has 1 radical (unpaired) electrons. The minimum Gasteiger partial charge on any atom is -0.397 e. The van der Waals surface area contributed by atoms with E-state index in [-0.39, 0.29) is 12.6 Å². The predicted octanol–water partition coefficient (Wildman–Crippen LogP) is 1.98. The van der Waals surface area contributed by atoms with Crippen molar-refractivity contribution in [3.05, 3.63) is 48.6 Å². The Morgan fingerprint density at radius 1 is 1.41 bits per heavy atom. The van der Waals surface area contributed by atoms with E-state index in [0.717, 1.165) is 29.8 Å². The molecule has 0 amide bonds. The molecule has 0 bridgehead atoms. The second kappa shape index (κ2) is 6.04.